The van der Waals surface area contributed by atoms with Gasteiger partial charge in [0.1, 0.15) is 0 Å². The molecular weight excluding hydrogens is 244 g/mol. The summed E-state index contributed by atoms with van der Waals surface area (Å²) < 4.78 is 12.0. The highest BCUT2D eigenvalue weighted by molar-refractivity contribution is 6.09. The van der Waals surface area contributed by atoms with Crippen molar-refractivity contribution in [2.75, 3.05) is 14.2 Å². The molecule has 1 aromatic heterocycles. The quantitative estimate of drug-likeness (QED) is 0.789. The Hall–Kier alpha value is -2.30. The molecule has 0 aliphatic rings. The molecule has 0 radical (unpaired) electrons. The molecule has 0 N–H and O–H groups in total. The highest BCUT2D eigenvalue weighted by Gasteiger charge is 2.16. The Labute approximate surface area is 111 Å². The lowest BCUT2D eigenvalue weighted by atomic mass is 10.0. The minimum atomic E-state index is -0.0773. The van der Waals surface area contributed by atoms with E-state index < -0.39 is 0 Å². The molecule has 5 nitrogen and oxygen atoms in total. The number of hydrogen-bond donors (Lipinski definition) is 0. The zero-order valence-electron chi connectivity index (χ0n) is 11.4. The van der Waals surface area contributed by atoms with Crippen molar-refractivity contribution in [1.82, 2.24) is 9.78 Å². The van der Waals surface area contributed by atoms with Crippen LogP contribution in [0.5, 0.6) is 11.5 Å². The van der Waals surface area contributed by atoms with Crippen LogP contribution in [-0.4, -0.2) is 29.8 Å². The molecule has 0 spiro atoms. The molecule has 0 amide bonds. The van der Waals surface area contributed by atoms with Crippen molar-refractivity contribution in [1.29, 1.82) is 0 Å². The summed E-state index contributed by atoms with van der Waals surface area (Å²) in [4.78, 5) is 12.4. The maximum atomic E-state index is 12.4. The fourth-order valence-electron chi connectivity index (χ4n) is 1.85. The van der Waals surface area contributed by atoms with Crippen LogP contribution in [-0.2, 0) is 7.05 Å². The lowest BCUT2D eigenvalue weighted by molar-refractivity contribution is 0.103. The molecule has 0 fully saturated rings. The second-order valence-corrected chi connectivity index (χ2v) is 4.17. The molecule has 5 heteroatoms. The summed E-state index contributed by atoms with van der Waals surface area (Å²) in [6.07, 6.45) is 1.58. The van der Waals surface area contributed by atoms with Gasteiger partial charge in [0.15, 0.2) is 17.3 Å². The van der Waals surface area contributed by atoms with Crippen molar-refractivity contribution in [3.05, 3.63) is 41.2 Å². The average molecular weight is 260 g/mol. The lowest BCUT2D eigenvalue weighted by Crippen LogP contribution is -2.04. The molecule has 0 bridgehead atoms. The topological polar surface area (TPSA) is 53.3 Å². The summed E-state index contributed by atoms with van der Waals surface area (Å²) in [5.41, 5.74) is 1.98. The molecule has 0 saturated heterocycles. The monoisotopic (exact) mass is 260 g/mol. The zero-order valence-corrected chi connectivity index (χ0v) is 11.4. The molecule has 0 atom stereocenters. The van der Waals surface area contributed by atoms with Gasteiger partial charge < -0.3 is 9.47 Å². The van der Waals surface area contributed by atoms with Gasteiger partial charge in [-0.15, -0.1) is 0 Å². The largest absolute Gasteiger partial charge is 0.493 e. The maximum Gasteiger partial charge on any atom is 0.196 e. The molecule has 1 heterocycles. The van der Waals surface area contributed by atoms with E-state index in [-0.39, 0.29) is 5.78 Å². The third-order valence-electron chi connectivity index (χ3n) is 3.13. The third-order valence-corrected chi connectivity index (χ3v) is 3.13. The minimum absolute atomic E-state index is 0.0773. The number of carbonyl (C=O) groups excluding carboxylic acids is 1. The normalized spacial score (nSPS) is 10.3. The van der Waals surface area contributed by atoms with E-state index in [4.69, 9.17) is 9.47 Å². The number of carbonyl (C=O) groups is 1. The third kappa shape index (κ3) is 2.31. The number of methoxy groups -OCH3 is 2. The lowest BCUT2D eigenvalue weighted by Gasteiger charge is -2.08. The van der Waals surface area contributed by atoms with Gasteiger partial charge in [-0.05, 0) is 25.1 Å². The summed E-state index contributed by atoms with van der Waals surface area (Å²) in [5.74, 6) is 1.06. The first-order chi connectivity index (χ1) is 9.08. The Morgan fingerprint density at radius 3 is 2.42 bits per heavy atom. The van der Waals surface area contributed by atoms with Crippen molar-refractivity contribution < 1.29 is 14.3 Å². The standard InChI is InChI=1S/C14H16N2O3/c1-9-11(8-15-16(9)2)14(17)10-5-6-12(18-3)13(7-10)19-4/h5-8H,1-4H3. The molecule has 0 aliphatic carbocycles. The highest BCUT2D eigenvalue weighted by atomic mass is 16.5. The predicted octanol–water partition coefficient (Wildman–Crippen LogP) is 1.98. The number of rotatable bonds is 4. The zero-order chi connectivity index (χ0) is 14.0. The van der Waals surface area contributed by atoms with Crippen molar-refractivity contribution in [2.45, 2.75) is 6.92 Å². The fraction of sp³-hybridized carbons (Fsp3) is 0.286. The van der Waals surface area contributed by atoms with Crippen LogP contribution in [0.25, 0.3) is 0 Å². The van der Waals surface area contributed by atoms with Gasteiger partial charge >= 0.3 is 0 Å². The molecule has 0 aliphatic heterocycles. The van der Waals surface area contributed by atoms with Gasteiger partial charge in [-0.1, -0.05) is 0 Å². The number of aromatic nitrogens is 2. The first kappa shape index (κ1) is 13.1. The van der Waals surface area contributed by atoms with E-state index in [1.165, 1.54) is 0 Å². The Balaban J connectivity index is 2.42. The van der Waals surface area contributed by atoms with E-state index in [1.807, 2.05) is 6.92 Å². The number of ether oxygens (including phenoxy) is 2. The number of nitrogens with zero attached hydrogens (tertiary/aromatic N) is 2. The molecule has 2 aromatic rings. The summed E-state index contributed by atoms with van der Waals surface area (Å²) in [7, 11) is 4.91. The van der Waals surface area contributed by atoms with Crippen LogP contribution in [0.2, 0.25) is 0 Å². The van der Waals surface area contributed by atoms with Gasteiger partial charge in [0.25, 0.3) is 0 Å². The summed E-state index contributed by atoms with van der Waals surface area (Å²) in [6.45, 7) is 1.86. The van der Waals surface area contributed by atoms with Gasteiger partial charge in [0, 0.05) is 18.3 Å². The molecule has 1 aromatic carbocycles. The van der Waals surface area contributed by atoms with Gasteiger partial charge in [-0.2, -0.15) is 5.10 Å². The molecule has 100 valence electrons. The Kier molecular flexibility index (Phi) is 3.55. The van der Waals surface area contributed by atoms with Crippen LogP contribution in [0.4, 0.5) is 0 Å². The minimum Gasteiger partial charge on any atom is -0.493 e. The van der Waals surface area contributed by atoms with E-state index in [0.717, 1.165) is 5.69 Å². The van der Waals surface area contributed by atoms with Crippen LogP contribution in [0.15, 0.2) is 24.4 Å². The Morgan fingerprint density at radius 1 is 1.21 bits per heavy atom. The number of hydrogen-bond acceptors (Lipinski definition) is 4. The first-order valence-electron chi connectivity index (χ1n) is 5.83. The molecule has 0 saturated carbocycles. The van der Waals surface area contributed by atoms with Crippen LogP contribution >= 0.6 is 0 Å². The SMILES string of the molecule is COc1ccc(C(=O)c2cnn(C)c2C)cc1OC. The summed E-state index contributed by atoms with van der Waals surface area (Å²) >= 11 is 0. The van der Waals surface area contributed by atoms with Crippen molar-refractivity contribution >= 4 is 5.78 Å². The predicted molar refractivity (Wildman–Crippen MR) is 70.9 cm³/mol. The van der Waals surface area contributed by atoms with E-state index in [1.54, 1.807) is 50.3 Å². The van der Waals surface area contributed by atoms with Crippen LogP contribution in [0, 0.1) is 6.92 Å². The summed E-state index contributed by atoms with van der Waals surface area (Å²) in [5, 5.41) is 4.08. The Morgan fingerprint density at radius 2 is 1.89 bits per heavy atom. The number of aryl methyl sites for hydroxylation is 1. The van der Waals surface area contributed by atoms with Crippen LogP contribution in [0.3, 0.4) is 0 Å². The molecule has 0 unspecified atom stereocenters. The van der Waals surface area contributed by atoms with Gasteiger partial charge in [0.05, 0.1) is 26.0 Å². The summed E-state index contributed by atoms with van der Waals surface area (Å²) in [6, 6.07) is 5.11. The van der Waals surface area contributed by atoms with Gasteiger partial charge in [0.2, 0.25) is 0 Å². The molecule has 2 rings (SSSR count). The smallest absolute Gasteiger partial charge is 0.196 e. The van der Waals surface area contributed by atoms with E-state index in [2.05, 4.69) is 5.10 Å². The Bertz CT molecular complexity index is 617. The van der Waals surface area contributed by atoms with Crippen LogP contribution < -0.4 is 9.47 Å². The van der Waals surface area contributed by atoms with E-state index in [0.29, 0.717) is 22.6 Å². The second-order valence-electron chi connectivity index (χ2n) is 4.17. The van der Waals surface area contributed by atoms with Crippen molar-refractivity contribution in [2.24, 2.45) is 7.05 Å². The van der Waals surface area contributed by atoms with Gasteiger partial charge in [-0.3, -0.25) is 9.48 Å². The van der Waals surface area contributed by atoms with Crippen LogP contribution in [0.1, 0.15) is 21.6 Å². The van der Waals surface area contributed by atoms with E-state index >= 15 is 0 Å². The first-order valence-corrected chi connectivity index (χ1v) is 5.83. The van der Waals surface area contributed by atoms with Crippen molar-refractivity contribution in [3.8, 4) is 11.5 Å². The number of benzene rings is 1. The number of ketones is 1. The average Bonchev–Trinajstić information content (AvgIpc) is 2.77. The maximum absolute atomic E-state index is 12.4. The molecular formula is C14H16N2O3. The molecule has 19 heavy (non-hydrogen) atoms. The van der Waals surface area contributed by atoms with E-state index in [9.17, 15) is 4.79 Å². The van der Waals surface area contributed by atoms with Gasteiger partial charge in [-0.25, -0.2) is 0 Å². The fourth-order valence-corrected chi connectivity index (χ4v) is 1.85. The second kappa shape index (κ2) is 5.14. The highest BCUT2D eigenvalue weighted by Crippen LogP contribution is 2.28. The van der Waals surface area contributed by atoms with Crippen molar-refractivity contribution in [3.63, 3.8) is 0 Å².